The molecule has 1 N–H and O–H groups in total. The first-order valence-electron chi connectivity index (χ1n) is 8.72. The fourth-order valence-corrected chi connectivity index (χ4v) is 3.72. The molecular formula is C20H21FN2O2. The Labute approximate surface area is 145 Å². The molecule has 0 fully saturated rings. The average Bonchev–Trinajstić information content (AvgIpc) is 3.21. The molecule has 5 heteroatoms. The maximum absolute atomic E-state index is 13.4. The Bertz CT molecular complexity index is 877. The molecule has 25 heavy (non-hydrogen) atoms. The molecule has 4 rings (SSSR count). The van der Waals surface area contributed by atoms with E-state index >= 15 is 0 Å². The van der Waals surface area contributed by atoms with Gasteiger partial charge in [0.2, 0.25) is 5.89 Å². The number of aryl methyl sites for hydroxylation is 1. The van der Waals surface area contributed by atoms with Gasteiger partial charge in [-0.05, 0) is 42.5 Å². The van der Waals surface area contributed by atoms with Gasteiger partial charge in [0, 0.05) is 25.3 Å². The molecule has 3 aromatic rings. The van der Waals surface area contributed by atoms with Crippen molar-refractivity contribution in [3.05, 3.63) is 65.3 Å². The molecule has 0 saturated heterocycles. The summed E-state index contributed by atoms with van der Waals surface area (Å²) in [5.41, 5.74) is 3.89. The van der Waals surface area contributed by atoms with Crippen LogP contribution >= 0.6 is 0 Å². The lowest BCUT2D eigenvalue weighted by Gasteiger charge is -2.28. The van der Waals surface area contributed by atoms with E-state index in [0.29, 0.717) is 36.0 Å². The number of hydrogen-bond acceptors (Lipinski definition) is 4. The van der Waals surface area contributed by atoms with E-state index in [4.69, 9.17) is 4.42 Å². The van der Waals surface area contributed by atoms with Crippen molar-refractivity contribution >= 4 is 11.1 Å². The van der Waals surface area contributed by atoms with Crippen LogP contribution in [0, 0.1) is 5.82 Å². The number of benzene rings is 2. The number of fused-ring (bicyclic) bond motifs is 2. The highest BCUT2D eigenvalue weighted by molar-refractivity contribution is 5.72. The molecule has 1 unspecified atom stereocenters. The molecule has 0 aliphatic heterocycles. The van der Waals surface area contributed by atoms with E-state index in [-0.39, 0.29) is 12.4 Å². The molecule has 130 valence electrons. The SMILES string of the molecule is OCCCN(Cc1nc2ccc(F)cc2o1)C1CCc2ccccc21. The number of aromatic nitrogens is 1. The van der Waals surface area contributed by atoms with E-state index in [9.17, 15) is 9.50 Å². The summed E-state index contributed by atoms with van der Waals surface area (Å²) in [4.78, 5) is 6.80. The van der Waals surface area contributed by atoms with E-state index in [1.807, 2.05) is 0 Å². The molecule has 0 spiro atoms. The lowest BCUT2D eigenvalue weighted by Crippen LogP contribution is -2.29. The Kier molecular flexibility index (Phi) is 4.51. The molecule has 4 nitrogen and oxygen atoms in total. The maximum Gasteiger partial charge on any atom is 0.209 e. The Morgan fingerprint density at radius 2 is 2.12 bits per heavy atom. The van der Waals surface area contributed by atoms with Crippen LogP contribution in [0.15, 0.2) is 46.9 Å². The molecule has 0 radical (unpaired) electrons. The molecule has 1 atom stereocenters. The molecule has 0 saturated carbocycles. The van der Waals surface area contributed by atoms with Gasteiger partial charge in [-0.3, -0.25) is 4.90 Å². The summed E-state index contributed by atoms with van der Waals surface area (Å²) in [7, 11) is 0. The van der Waals surface area contributed by atoms with Gasteiger partial charge >= 0.3 is 0 Å². The molecule has 1 aliphatic rings. The minimum Gasteiger partial charge on any atom is -0.439 e. The van der Waals surface area contributed by atoms with Crippen molar-refractivity contribution < 1.29 is 13.9 Å². The number of halogens is 1. The van der Waals surface area contributed by atoms with Crippen molar-refractivity contribution in [2.75, 3.05) is 13.2 Å². The largest absolute Gasteiger partial charge is 0.439 e. The van der Waals surface area contributed by atoms with Gasteiger partial charge in [0.1, 0.15) is 11.3 Å². The molecular weight excluding hydrogens is 319 g/mol. The van der Waals surface area contributed by atoms with Crippen molar-refractivity contribution in [3.63, 3.8) is 0 Å². The Balaban J connectivity index is 1.60. The van der Waals surface area contributed by atoms with Crippen LogP contribution in [-0.4, -0.2) is 28.1 Å². The third-order valence-electron chi connectivity index (χ3n) is 4.88. The second-order valence-corrected chi connectivity index (χ2v) is 6.52. The minimum atomic E-state index is -0.322. The van der Waals surface area contributed by atoms with Crippen LogP contribution in [0.2, 0.25) is 0 Å². The van der Waals surface area contributed by atoms with Gasteiger partial charge in [-0.1, -0.05) is 24.3 Å². The van der Waals surface area contributed by atoms with Crippen molar-refractivity contribution in [2.45, 2.75) is 31.8 Å². The third kappa shape index (κ3) is 3.30. The molecule has 1 aliphatic carbocycles. The predicted molar refractivity (Wildman–Crippen MR) is 93.6 cm³/mol. The maximum atomic E-state index is 13.4. The first-order chi connectivity index (χ1) is 12.2. The summed E-state index contributed by atoms with van der Waals surface area (Å²) in [6.07, 6.45) is 2.82. The molecule has 1 aromatic heterocycles. The Morgan fingerprint density at radius 1 is 1.24 bits per heavy atom. The predicted octanol–water partition coefficient (Wildman–Crippen LogP) is 3.84. The van der Waals surface area contributed by atoms with Gasteiger partial charge in [-0.2, -0.15) is 0 Å². The van der Waals surface area contributed by atoms with Crippen LogP contribution in [-0.2, 0) is 13.0 Å². The number of nitrogens with zero attached hydrogens (tertiary/aromatic N) is 2. The number of aliphatic hydroxyl groups excluding tert-OH is 1. The summed E-state index contributed by atoms with van der Waals surface area (Å²) >= 11 is 0. The molecule has 0 bridgehead atoms. The van der Waals surface area contributed by atoms with E-state index in [1.165, 1.54) is 23.3 Å². The first-order valence-corrected chi connectivity index (χ1v) is 8.72. The molecule has 0 amide bonds. The minimum absolute atomic E-state index is 0.156. The molecule has 2 aromatic carbocycles. The highest BCUT2D eigenvalue weighted by Crippen LogP contribution is 2.36. The fourth-order valence-electron chi connectivity index (χ4n) is 3.72. The van der Waals surface area contributed by atoms with Gasteiger partial charge in [0.15, 0.2) is 5.58 Å². The number of rotatable bonds is 6. The summed E-state index contributed by atoms with van der Waals surface area (Å²) in [5, 5.41) is 9.26. The smallest absolute Gasteiger partial charge is 0.209 e. The van der Waals surface area contributed by atoms with Crippen molar-refractivity contribution in [1.82, 2.24) is 9.88 Å². The second kappa shape index (κ2) is 6.94. The Hall–Kier alpha value is -2.24. The zero-order valence-electron chi connectivity index (χ0n) is 14.0. The monoisotopic (exact) mass is 340 g/mol. The zero-order chi connectivity index (χ0) is 17.2. The summed E-state index contributed by atoms with van der Waals surface area (Å²) in [6, 6.07) is 13.2. The van der Waals surface area contributed by atoms with E-state index in [0.717, 1.165) is 19.4 Å². The standard InChI is InChI=1S/C20H21FN2O2/c21-15-7-8-17-19(12-15)25-20(22-17)13-23(10-3-11-24)18-9-6-14-4-1-2-5-16(14)18/h1-2,4-5,7-8,12,18,24H,3,6,9-11,13H2. The highest BCUT2D eigenvalue weighted by atomic mass is 19.1. The lowest BCUT2D eigenvalue weighted by atomic mass is 10.1. The first kappa shape index (κ1) is 16.2. The van der Waals surface area contributed by atoms with Gasteiger partial charge < -0.3 is 9.52 Å². The average molecular weight is 340 g/mol. The van der Waals surface area contributed by atoms with E-state index < -0.39 is 0 Å². The van der Waals surface area contributed by atoms with Crippen LogP contribution in [0.25, 0.3) is 11.1 Å². The number of oxazole rings is 1. The van der Waals surface area contributed by atoms with Crippen LogP contribution in [0.1, 0.15) is 35.9 Å². The van der Waals surface area contributed by atoms with Crippen LogP contribution in [0.4, 0.5) is 4.39 Å². The fraction of sp³-hybridized carbons (Fsp3) is 0.350. The third-order valence-corrected chi connectivity index (χ3v) is 4.88. The number of hydrogen-bond donors (Lipinski definition) is 1. The van der Waals surface area contributed by atoms with Crippen molar-refractivity contribution in [3.8, 4) is 0 Å². The van der Waals surface area contributed by atoms with Gasteiger partial charge in [-0.15, -0.1) is 0 Å². The zero-order valence-corrected chi connectivity index (χ0v) is 14.0. The van der Waals surface area contributed by atoms with Crippen LogP contribution < -0.4 is 0 Å². The van der Waals surface area contributed by atoms with E-state index in [1.54, 1.807) is 6.07 Å². The highest BCUT2D eigenvalue weighted by Gasteiger charge is 2.28. The van der Waals surface area contributed by atoms with Crippen LogP contribution in [0.3, 0.4) is 0 Å². The topological polar surface area (TPSA) is 49.5 Å². The Morgan fingerprint density at radius 3 is 3.00 bits per heavy atom. The summed E-state index contributed by atoms with van der Waals surface area (Å²) < 4.78 is 19.1. The second-order valence-electron chi connectivity index (χ2n) is 6.52. The van der Waals surface area contributed by atoms with Gasteiger partial charge in [0.05, 0.1) is 6.54 Å². The van der Waals surface area contributed by atoms with Gasteiger partial charge in [-0.25, -0.2) is 9.37 Å². The number of aliphatic hydroxyl groups is 1. The quantitative estimate of drug-likeness (QED) is 0.741. The van der Waals surface area contributed by atoms with E-state index in [2.05, 4.69) is 34.1 Å². The lowest BCUT2D eigenvalue weighted by molar-refractivity contribution is 0.153. The molecule has 1 heterocycles. The van der Waals surface area contributed by atoms with Crippen LogP contribution in [0.5, 0.6) is 0 Å². The van der Waals surface area contributed by atoms with Crippen molar-refractivity contribution in [1.29, 1.82) is 0 Å². The normalized spacial score (nSPS) is 16.7. The summed E-state index contributed by atoms with van der Waals surface area (Å²) in [5.74, 6) is 0.264. The van der Waals surface area contributed by atoms with Crippen molar-refractivity contribution in [2.24, 2.45) is 0 Å². The summed E-state index contributed by atoms with van der Waals surface area (Å²) in [6.45, 7) is 1.47. The van der Waals surface area contributed by atoms with Gasteiger partial charge in [0.25, 0.3) is 0 Å².